The van der Waals surface area contributed by atoms with Crippen molar-refractivity contribution in [1.29, 1.82) is 0 Å². The van der Waals surface area contributed by atoms with Gasteiger partial charge < -0.3 is 10.1 Å². The molecule has 1 aromatic heterocycles. The Bertz CT molecular complexity index is 247. The Labute approximate surface area is 82.2 Å². The van der Waals surface area contributed by atoms with E-state index in [0.717, 1.165) is 23.1 Å². The highest BCUT2D eigenvalue weighted by Gasteiger charge is 2.06. The second-order valence-corrected chi connectivity index (χ2v) is 3.71. The Morgan fingerprint density at radius 1 is 1.54 bits per heavy atom. The Hall–Kier alpha value is -0.650. The van der Waals surface area contributed by atoms with E-state index in [9.17, 15) is 0 Å². The first kappa shape index (κ1) is 10.4. The summed E-state index contributed by atoms with van der Waals surface area (Å²) in [4.78, 5) is 7.50. The summed E-state index contributed by atoms with van der Waals surface area (Å²) in [6.07, 6.45) is 1.79. The standard InChI is InChI=1S/C8H15N3OS/c1-3-11(4-2)8-9-5-7(13-8)6-10-12/h5,10,12H,3-4,6H2,1-2H3. The fourth-order valence-corrected chi connectivity index (χ4v) is 2.07. The molecule has 0 fully saturated rings. The van der Waals surface area contributed by atoms with Crippen molar-refractivity contribution >= 4 is 16.5 Å². The maximum absolute atomic E-state index is 8.50. The normalized spacial score (nSPS) is 10.4. The minimum atomic E-state index is 0.471. The van der Waals surface area contributed by atoms with Crippen LogP contribution < -0.4 is 10.4 Å². The molecule has 0 aliphatic heterocycles. The molecule has 0 spiro atoms. The van der Waals surface area contributed by atoms with Crippen molar-refractivity contribution in [2.75, 3.05) is 18.0 Å². The third-order valence-corrected chi connectivity index (χ3v) is 2.89. The van der Waals surface area contributed by atoms with Gasteiger partial charge in [0.25, 0.3) is 0 Å². The zero-order valence-corrected chi connectivity index (χ0v) is 8.77. The second-order valence-electron chi connectivity index (χ2n) is 2.62. The molecular weight excluding hydrogens is 186 g/mol. The van der Waals surface area contributed by atoms with E-state index in [2.05, 4.69) is 29.2 Å². The molecule has 13 heavy (non-hydrogen) atoms. The molecule has 1 rings (SSSR count). The first-order valence-electron chi connectivity index (χ1n) is 4.38. The summed E-state index contributed by atoms with van der Waals surface area (Å²) in [5.74, 6) is 0. The number of aromatic nitrogens is 1. The molecule has 0 unspecified atom stereocenters. The van der Waals surface area contributed by atoms with Crippen LogP contribution in [-0.4, -0.2) is 23.3 Å². The van der Waals surface area contributed by atoms with Gasteiger partial charge in [-0.2, -0.15) is 0 Å². The summed E-state index contributed by atoms with van der Waals surface area (Å²) in [5, 5.41) is 9.52. The number of hydroxylamine groups is 1. The lowest BCUT2D eigenvalue weighted by atomic mass is 10.5. The van der Waals surface area contributed by atoms with Crippen molar-refractivity contribution in [2.24, 2.45) is 0 Å². The van der Waals surface area contributed by atoms with Gasteiger partial charge in [0, 0.05) is 24.2 Å². The van der Waals surface area contributed by atoms with E-state index in [1.54, 1.807) is 17.5 Å². The summed E-state index contributed by atoms with van der Waals surface area (Å²) in [6.45, 7) is 6.62. The molecule has 4 nitrogen and oxygen atoms in total. The number of hydrogen-bond donors (Lipinski definition) is 2. The second kappa shape index (κ2) is 5.16. The van der Waals surface area contributed by atoms with Crippen LogP contribution in [0, 0.1) is 0 Å². The summed E-state index contributed by atoms with van der Waals surface area (Å²) >= 11 is 1.61. The lowest BCUT2D eigenvalue weighted by Gasteiger charge is -2.16. The van der Waals surface area contributed by atoms with Gasteiger partial charge in [0.1, 0.15) is 0 Å². The summed E-state index contributed by atoms with van der Waals surface area (Å²) in [6, 6.07) is 0. The van der Waals surface area contributed by atoms with Crippen LogP contribution in [0.3, 0.4) is 0 Å². The quantitative estimate of drug-likeness (QED) is 0.708. The largest absolute Gasteiger partial charge is 0.349 e. The summed E-state index contributed by atoms with van der Waals surface area (Å²) in [7, 11) is 0. The molecule has 1 heterocycles. The molecule has 5 heteroatoms. The first-order valence-corrected chi connectivity index (χ1v) is 5.20. The van der Waals surface area contributed by atoms with Gasteiger partial charge in [0.05, 0.1) is 6.54 Å². The molecule has 0 bridgehead atoms. The monoisotopic (exact) mass is 201 g/mol. The van der Waals surface area contributed by atoms with Crippen LogP contribution in [0.4, 0.5) is 5.13 Å². The minimum absolute atomic E-state index is 0.471. The smallest absolute Gasteiger partial charge is 0.185 e. The van der Waals surface area contributed by atoms with Crippen LogP contribution in [0.15, 0.2) is 6.20 Å². The maximum Gasteiger partial charge on any atom is 0.185 e. The molecule has 0 amide bonds. The molecule has 0 saturated carbocycles. The molecule has 0 radical (unpaired) electrons. The van der Waals surface area contributed by atoms with Gasteiger partial charge in [-0.3, -0.25) is 0 Å². The van der Waals surface area contributed by atoms with Crippen molar-refractivity contribution in [1.82, 2.24) is 10.5 Å². The number of anilines is 1. The highest BCUT2D eigenvalue weighted by atomic mass is 32.1. The number of thiazole rings is 1. The van der Waals surface area contributed by atoms with Crippen molar-refractivity contribution in [3.05, 3.63) is 11.1 Å². The number of hydrogen-bond acceptors (Lipinski definition) is 5. The van der Waals surface area contributed by atoms with Gasteiger partial charge in [-0.1, -0.05) is 0 Å². The van der Waals surface area contributed by atoms with Gasteiger partial charge in [0.15, 0.2) is 5.13 Å². The highest BCUT2D eigenvalue weighted by molar-refractivity contribution is 7.15. The van der Waals surface area contributed by atoms with E-state index in [-0.39, 0.29) is 0 Å². The van der Waals surface area contributed by atoms with Crippen LogP contribution >= 0.6 is 11.3 Å². The fourth-order valence-electron chi connectivity index (χ4n) is 1.10. The van der Waals surface area contributed by atoms with Gasteiger partial charge >= 0.3 is 0 Å². The average molecular weight is 201 g/mol. The van der Waals surface area contributed by atoms with Gasteiger partial charge in [-0.25, -0.2) is 10.5 Å². The van der Waals surface area contributed by atoms with E-state index < -0.39 is 0 Å². The lowest BCUT2D eigenvalue weighted by Crippen LogP contribution is -2.21. The van der Waals surface area contributed by atoms with Gasteiger partial charge in [-0.05, 0) is 13.8 Å². The maximum atomic E-state index is 8.50. The van der Waals surface area contributed by atoms with E-state index >= 15 is 0 Å². The molecule has 0 atom stereocenters. The van der Waals surface area contributed by atoms with Crippen LogP contribution in [0.25, 0.3) is 0 Å². The van der Waals surface area contributed by atoms with Crippen LogP contribution in [-0.2, 0) is 6.54 Å². The van der Waals surface area contributed by atoms with Crippen LogP contribution in [0.5, 0.6) is 0 Å². The van der Waals surface area contributed by atoms with E-state index in [4.69, 9.17) is 5.21 Å². The molecule has 0 aliphatic rings. The molecule has 2 N–H and O–H groups in total. The van der Waals surface area contributed by atoms with E-state index in [0.29, 0.717) is 6.54 Å². The number of nitrogens with zero attached hydrogens (tertiary/aromatic N) is 2. The van der Waals surface area contributed by atoms with Crippen molar-refractivity contribution in [3.8, 4) is 0 Å². The third-order valence-electron chi connectivity index (χ3n) is 1.83. The van der Waals surface area contributed by atoms with E-state index in [1.165, 1.54) is 0 Å². The van der Waals surface area contributed by atoms with Gasteiger partial charge in [-0.15, -0.1) is 11.3 Å². The Balaban J connectivity index is 2.66. The molecule has 1 aromatic rings. The number of rotatable bonds is 5. The highest BCUT2D eigenvalue weighted by Crippen LogP contribution is 2.21. The molecule has 0 saturated heterocycles. The summed E-state index contributed by atoms with van der Waals surface area (Å²) in [5.41, 5.74) is 2.12. The molecule has 74 valence electrons. The predicted octanol–water partition coefficient (Wildman–Crippen LogP) is 1.47. The van der Waals surface area contributed by atoms with Gasteiger partial charge in [0.2, 0.25) is 0 Å². The van der Waals surface area contributed by atoms with E-state index in [1.807, 2.05) is 0 Å². The average Bonchev–Trinajstić information content (AvgIpc) is 2.56. The van der Waals surface area contributed by atoms with Crippen LogP contribution in [0.2, 0.25) is 0 Å². The Kier molecular flexibility index (Phi) is 4.14. The molecule has 0 aliphatic carbocycles. The lowest BCUT2D eigenvalue weighted by molar-refractivity contribution is 0.162. The Morgan fingerprint density at radius 3 is 2.77 bits per heavy atom. The van der Waals surface area contributed by atoms with Crippen molar-refractivity contribution < 1.29 is 5.21 Å². The van der Waals surface area contributed by atoms with Crippen molar-refractivity contribution in [3.63, 3.8) is 0 Å². The fraction of sp³-hybridized carbons (Fsp3) is 0.625. The Morgan fingerprint density at radius 2 is 2.23 bits per heavy atom. The zero-order valence-electron chi connectivity index (χ0n) is 7.95. The predicted molar refractivity (Wildman–Crippen MR) is 54.3 cm³/mol. The SMILES string of the molecule is CCN(CC)c1ncc(CNO)s1. The first-order chi connectivity index (χ1) is 6.31. The third kappa shape index (κ3) is 2.65. The summed E-state index contributed by atoms with van der Waals surface area (Å²) < 4.78 is 0. The minimum Gasteiger partial charge on any atom is -0.349 e. The molecular formula is C8H15N3OS. The number of nitrogens with one attached hydrogen (secondary N) is 1. The van der Waals surface area contributed by atoms with Crippen molar-refractivity contribution in [2.45, 2.75) is 20.4 Å². The molecule has 0 aromatic carbocycles. The topological polar surface area (TPSA) is 48.4 Å². The van der Waals surface area contributed by atoms with Crippen LogP contribution in [0.1, 0.15) is 18.7 Å². The zero-order chi connectivity index (χ0) is 9.68.